The van der Waals surface area contributed by atoms with Gasteiger partial charge in [-0.3, -0.25) is 9.36 Å². The highest BCUT2D eigenvalue weighted by Gasteiger charge is 2.23. The quantitative estimate of drug-likeness (QED) is 0.368. The second kappa shape index (κ2) is 11.4. The van der Waals surface area contributed by atoms with Crippen molar-refractivity contribution in [3.8, 4) is 22.9 Å². The van der Waals surface area contributed by atoms with Crippen LogP contribution in [0.1, 0.15) is 24.6 Å². The lowest BCUT2D eigenvalue weighted by Gasteiger charge is -2.15. The van der Waals surface area contributed by atoms with Crippen LogP contribution in [0.4, 0.5) is 5.69 Å². The smallest absolute Gasteiger partial charge is 0.234 e. The Labute approximate surface area is 211 Å². The molecule has 4 rings (SSSR count). The standard InChI is InChI=1S/C23H27ClN4O4S2/c1-4-16-8-14(12-33-16)22-26-27-23(28(22)11-15-6-5-7-32-15)34-13-21(29)25-18-10-19(30-2)17(24)9-20(18)31-3/h8-10,12,15H,4-7,11,13H2,1-3H3,(H,25,29). The summed E-state index contributed by atoms with van der Waals surface area (Å²) in [4.78, 5) is 14.1. The number of nitrogens with one attached hydrogen (secondary N) is 1. The lowest BCUT2D eigenvalue weighted by molar-refractivity contribution is -0.113. The zero-order chi connectivity index (χ0) is 24.1. The van der Waals surface area contributed by atoms with Crippen molar-refractivity contribution < 1.29 is 19.0 Å². The first-order valence-corrected chi connectivity index (χ1v) is 13.2. The van der Waals surface area contributed by atoms with Gasteiger partial charge in [0.2, 0.25) is 5.91 Å². The number of halogens is 1. The molecule has 1 atom stereocenters. The van der Waals surface area contributed by atoms with E-state index in [0.717, 1.165) is 37.3 Å². The van der Waals surface area contributed by atoms with Crippen molar-refractivity contribution in [2.45, 2.75) is 44.0 Å². The van der Waals surface area contributed by atoms with E-state index in [2.05, 4.69) is 38.5 Å². The van der Waals surface area contributed by atoms with E-state index in [9.17, 15) is 4.79 Å². The summed E-state index contributed by atoms with van der Waals surface area (Å²) in [5.41, 5.74) is 1.53. The number of aromatic nitrogens is 3. The van der Waals surface area contributed by atoms with Crippen LogP contribution in [0.15, 0.2) is 28.7 Å². The number of carbonyl (C=O) groups is 1. The summed E-state index contributed by atoms with van der Waals surface area (Å²) in [6.07, 6.45) is 3.16. The summed E-state index contributed by atoms with van der Waals surface area (Å²) in [6, 6.07) is 5.41. The van der Waals surface area contributed by atoms with Crippen LogP contribution in [0.3, 0.4) is 0 Å². The largest absolute Gasteiger partial charge is 0.495 e. The van der Waals surface area contributed by atoms with E-state index in [0.29, 0.717) is 33.9 Å². The second-order valence-electron chi connectivity index (χ2n) is 7.73. The van der Waals surface area contributed by atoms with Crippen molar-refractivity contribution in [1.82, 2.24) is 14.8 Å². The number of aryl methyl sites for hydroxylation is 1. The molecule has 1 aromatic carbocycles. The molecule has 3 heterocycles. The van der Waals surface area contributed by atoms with Crippen molar-refractivity contribution >= 4 is 46.3 Å². The number of rotatable bonds is 10. The summed E-state index contributed by atoms with van der Waals surface area (Å²) >= 11 is 9.22. The van der Waals surface area contributed by atoms with Crippen LogP contribution in [0.25, 0.3) is 11.4 Å². The molecule has 34 heavy (non-hydrogen) atoms. The third-order valence-electron chi connectivity index (χ3n) is 5.47. The fraction of sp³-hybridized carbons (Fsp3) is 0.435. The third-order valence-corrected chi connectivity index (χ3v) is 7.81. The maximum atomic E-state index is 12.8. The summed E-state index contributed by atoms with van der Waals surface area (Å²) in [5, 5.41) is 14.9. The molecule has 0 bridgehead atoms. The molecule has 1 aliphatic rings. The van der Waals surface area contributed by atoms with E-state index in [-0.39, 0.29) is 17.8 Å². The average molecular weight is 523 g/mol. The van der Waals surface area contributed by atoms with Gasteiger partial charge in [0.15, 0.2) is 11.0 Å². The Morgan fingerprint density at radius 2 is 2.12 bits per heavy atom. The van der Waals surface area contributed by atoms with Gasteiger partial charge in [0.05, 0.1) is 43.3 Å². The molecule has 8 nitrogen and oxygen atoms in total. The fourth-order valence-electron chi connectivity index (χ4n) is 3.72. The van der Waals surface area contributed by atoms with Crippen LogP contribution >= 0.6 is 34.7 Å². The molecular formula is C23H27ClN4O4S2. The summed E-state index contributed by atoms with van der Waals surface area (Å²) in [6.45, 7) is 3.57. The number of hydrogen-bond donors (Lipinski definition) is 1. The first-order valence-electron chi connectivity index (χ1n) is 11.0. The Kier molecular flexibility index (Phi) is 8.36. The highest BCUT2D eigenvalue weighted by atomic mass is 35.5. The molecule has 0 spiro atoms. The number of nitrogens with zero attached hydrogens (tertiary/aromatic N) is 3. The Balaban J connectivity index is 1.50. The van der Waals surface area contributed by atoms with Gasteiger partial charge >= 0.3 is 0 Å². The molecule has 1 N–H and O–H groups in total. The van der Waals surface area contributed by atoms with E-state index in [4.69, 9.17) is 25.8 Å². The van der Waals surface area contributed by atoms with E-state index in [1.807, 2.05) is 0 Å². The van der Waals surface area contributed by atoms with Gasteiger partial charge in [0.25, 0.3) is 0 Å². The number of ether oxygens (including phenoxy) is 3. The van der Waals surface area contributed by atoms with Crippen LogP contribution in [0, 0.1) is 0 Å². The van der Waals surface area contributed by atoms with Crippen LogP contribution < -0.4 is 14.8 Å². The number of carbonyl (C=O) groups excluding carboxylic acids is 1. The highest BCUT2D eigenvalue weighted by Crippen LogP contribution is 2.36. The van der Waals surface area contributed by atoms with Gasteiger partial charge in [-0.1, -0.05) is 30.3 Å². The van der Waals surface area contributed by atoms with Crippen molar-refractivity contribution in [3.63, 3.8) is 0 Å². The third kappa shape index (κ3) is 5.68. The van der Waals surface area contributed by atoms with Crippen LogP contribution in [0.2, 0.25) is 5.02 Å². The maximum Gasteiger partial charge on any atom is 0.234 e. The predicted molar refractivity (Wildman–Crippen MR) is 136 cm³/mol. The average Bonchev–Trinajstić information content (AvgIpc) is 3.60. The lowest BCUT2D eigenvalue weighted by Crippen LogP contribution is -2.18. The van der Waals surface area contributed by atoms with Crippen LogP contribution in [0.5, 0.6) is 11.5 Å². The van der Waals surface area contributed by atoms with Crippen molar-refractivity contribution in [1.29, 1.82) is 0 Å². The predicted octanol–water partition coefficient (Wildman–Crippen LogP) is 5.15. The lowest BCUT2D eigenvalue weighted by atomic mass is 10.2. The van der Waals surface area contributed by atoms with E-state index >= 15 is 0 Å². The number of methoxy groups -OCH3 is 2. The number of thioether (sulfide) groups is 1. The van der Waals surface area contributed by atoms with Crippen LogP contribution in [-0.4, -0.2) is 53.4 Å². The maximum absolute atomic E-state index is 12.8. The summed E-state index contributed by atoms with van der Waals surface area (Å²) in [7, 11) is 3.04. The molecule has 0 aliphatic carbocycles. The second-order valence-corrected chi connectivity index (χ2v) is 10.1. The summed E-state index contributed by atoms with van der Waals surface area (Å²) in [5.74, 6) is 1.66. The monoisotopic (exact) mass is 522 g/mol. The van der Waals surface area contributed by atoms with Gasteiger partial charge in [-0.2, -0.15) is 0 Å². The molecule has 1 saturated heterocycles. The molecule has 1 fully saturated rings. The molecule has 11 heteroatoms. The van der Waals surface area contributed by atoms with Crippen molar-refractivity contribution in [2.75, 3.05) is 31.9 Å². The van der Waals surface area contributed by atoms with Crippen molar-refractivity contribution in [2.24, 2.45) is 0 Å². The van der Waals surface area contributed by atoms with Gasteiger partial charge in [-0.25, -0.2) is 0 Å². The minimum Gasteiger partial charge on any atom is -0.495 e. The first kappa shape index (κ1) is 24.8. The minimum absolute atomic E-state index is 0.123. The molecule has 1 amide bonds. The fourth-order valence-corrected chi connectivity index (χ4v) is 5.52. The van der Waals surface area contributed by atoms with Gasteiger partial charge in [-0.15, -0.1) is 21.5 Å². The summed E-state index contributed by atoms with van der Waals surface area (Å²) < 4.78 is 18.5. The number of amides is 1. The number of benzene rings is 1. The molecular weight excluding hydrogens is 496 g/mol. The zero-order valence-corrected chi connectivity index (χ0v) is 21.7. The number of thiophene rings is 1. The molecule has 182 valence electrons. The van der Waals surface area contributed by atoms with Gasteiger partial charge < -0.3 is 19.5 Å². The van der Waals surface area contributed by atoms with Gasteiger partial charge in [0, 0.05) is 34.6 Å². The first-order chi connectivity index (χ1) is 16.5. The van der Waals surface area contributed by atoms with E-state index < -0.39 is 0 Å². The normalized spacial score (nSPS) is 15.5. The number of anilines is 1. The van der Waals surface area contributed by atoms with Crippen molar-refractivity contribution in [3.05, 3.63) is 33.5 Å². The molecule has 2 aromatic heterocycles. The molecule has 0 saturated carbocycles. The van der Waals surface area contributed by atoms with E-state index in [1.165, 1.54) is 30.9 Å². The van der Waals surface area contributed by atoms with E-state index in [1.54, 1.807) is 23.5 Å². The Morgan fingerprint density at radius 1 is 1.29 bits per heavy atom. The molecule has 0 radical (unpaired) electrons. The van der Waals surface area contributed by atoms with Gasteiger partial charge in [-0.05, 0) is 25.3 Å². The Hall–Kier alpha value is -2.27. The number of hydrogen-bond acceptors (Lipinski definition) is 8. The Morgan fingerprint density at radius 3 is 2.79 bits per heavy atom. The molecule has 1 aliphatic heterocycles. The van der Waals surface area contributed by atoms with Crippen LogP contribution in [-0.2, 0) is 22.5 Å². The molecule has 1 unspecified atom stereocenters. The topological polar surface area (TPSA) is 87.5 Å². The zero-order valence-electron chi connectivity index (χ0n) is 19.3. The minimum atomic E-state index is -0.204. The highest BCUT2D eigenvalue weighted by molar-refractivity contribution is 7.99. The SMILES string of the molecule is CCc1cc(-c2nnc(SCC(=O)Nc3cc(OC)c(Cl)cc3OC)n2CC2CCCO2)cs1. The Bertz CT molecular complexity index is 1140. The van der Waals surface area contributed by atoms with Gasteiger partial charge in [0.1, 0.15) is 11.5 Å². The molecule has 3 aromatic rings.